The third-order valence-electron chi connectivity index (χ3n) is 4.39. The summed E-state index contributed by atoms with van der Waals surface area (Å²) in [6, 6.07) is 0.752. The molecule has 2 saturated heterocycles. The fourth-order valence-corrected chi connectivity index (χ4v) is 3.24. The highest BCUT2D eigenvalue weighted by atomic mass is 35.5. The molecule has 2 rings (SSSR count). The standard InChI is InChI=1S/C13H26Cl2N4/c1-12-3-5-17-6-4-13(11-19(12)15)18(14)10-8-16(2)7-9-17/h12-13H,3-11H2,1-2H3. The summed E-state index contributed by atoms with van der Waals surface area (Å²) < 4.78 is 3.92. The van der Waals surface area contributed by atoms with Crippen LogP contribution in [-0.2, 0) is 0 Å². The highest BCUT2D eigenvalue weighted by Crippen LogP contribution is 2.19. The second-order valence-electron chi connectivity index (χ2n) is 5.93. The van der Waals surface area contributed by atoms with E-state index in [0.717, 1.165) is 58.7 Å². The molecule has 0 N–H and O–H groups in total. The van der Waals surface area contributed by atoms with Gasteiger partial charge in [-0.3, -0.25) is 0 Å². The molecule has 112 valence electrons. The minimum Gasteiger partial charge on any atom is -0.304 e. The van der Waals surface area contributed by atoms with Crippen LogP contribution in [0.1, 0.15) is 19.8 Å². The van der Waals surface area contributed by atoms with Crippen molar-refractivity contribution in [3.63, 3.8) is 0 Å². The normalized spacial score (nSPS) is 37.6. The van der Waals surface area contributed by atoms with E-state index in [1.54, 1.807) is 0 Å². The topological polar surface area (TPSA) is 13.0 Å². The maximum absolute atomic E-state index is 6.47. The van der Waals surface area contributed by atoms with Crippen molar-refractivity contribution in [1.82, 2.24) is 18.6 Å². The van der Waals surface area contributed by atoms with Crippen LogP contribution in [0.4, 0.5) is 0 Å². The van der Waals surface area contributed by atoms with Crippen LogP contribution in [0, 0.1) is 0 Å². The number of fused-ring (bicyclic) bond motifs is 3. The summed E-state index contributed by atoms with van der Waals surface area (Å²) in [5.41, 5.74) is 0. The summed E-state index contributed by atoms with van der Waals surface area (Å²) in [4.78, 5) is 4.93. The zero-order chi connectivity index (χ0) is 13.8. The molecule has 2 heterocycles. The number of nitrogens with zero attached hydrogens (tertiary/aromatic N) is 4. The largest absolute Gasteiger partial charge is 0.304 e. The first-order valence-corrected chi connectivity index (χ1v) is 7.99. The molecule has 2 fully saturated rings. The summed E-state index contributed by atoms with van der Waals surface area (Å²) in [5.74, 6) is 0. The predicted octanol–water partition coefficient (Wildman–Crippen LogP) is 1.70. The van der Waals surface area contributed by atoms with Gasteiger partial charge >= 0.3 is 0 Å². The number of halogens is 2. The Morgan fingerprint density at radius 2 is 1.53 bits per heavy atom. The number of rotatable bonds is 0. The van der Waals surface area contributed by atoms with Crippen molar-refractivity contribution in [2.24, 2.45) is 0 Å². The summed E-state index contributed by atoms with van der Waals surface area (Å²) in [6.45, 7) is 9.51. The van der Waals surface area contributed by atoms with E-state index in [1.165, 1.54) is 0 Å². The molecule has 0 radical (unpaired) electrons. The van der Waals surface area contributed by atoms with Gasteiger partial charge in [0, 0.05) is 44.8 Å². The Hall–Kier alpha value is 0.420. The quantitative estimate of drug-likeness (QED) is 0.631. The number of likely N-dealkylation sites (N-methyl/N-ethyl adjacent to an activating group) is 1. The van der Waals surface area contributed by atoms with E-state index in [4.69, 9.17) is 23.6 Å². The molecule has 3 unspecified atom stereocenters. The molecule has 0 saturated carbocycles. The van der Waals surface area contributed by atoms with Gasteiger partial charge in [0.05, 0.1) is 0 Å². The summed E-state index contributed by atoms with van der Waals surface area (Å²) in [7, 11) is 2.18. The SMILES string of the molecule is CC1CCN2CCC(CN1Cl)N(Cl)CCN(C)CC2. The van der Waals surface area contributed by atoms with Crippen LogP contribution in [0.2, 0.25) is 0 Å². The van der Waals surface area contributed by atoms with Crippen molar-refractivity contribution in [2.45, 2.75) is 31.8 Å². The van der Waals surface area contributed by atoms with Crippen LogP contribution < -0.4 is 0 Å². The Morgan fingerprint density at radius 3 is 2.32 bits per heavy atom. The first-order valence-electron chi connectivity index (χ1n) is 7.32. The molecule has 19 heavy (non-hydrogen) atoms. The van der Waals surface area contributed by atoms with Crippen molar-refractivity contribution in [3.05, 3.63) is 0 Å². The summed E-state index contributed by atoms with van der Waals surface area (Å²) in [6.07, 6.45) is 2.23. The Bertz CT molecular complexity index is 277. The highest BCUT2D eigenvalue weighted by Gasteiger charge is 2.26. The molecule has 2 bridgehead atoms. The lowest BCUT2D eigenvalue weighted by molar-refractivity contribution is 0.175. The molecule has 4 nitrogen and oxygen atoms in total. The Balaban J connectivity index is 2.10. The van der Waals surface area contributed by atoms with E-state index in [-0.39, 0.29) is 0 Å². The second-order valence-corrected chi connectivity index (χ2v) is 6.80. The molecule has 3 atom stereocenters. The molecule has 2 aliphatic rings. The summed E-state index contributed by atoms with van der Waals surface area (Å²) in [5, 5.41) is 0. The average molecular weight is 309 g/mol. The maximum Gasteiger partial charge on any atom is 0.0404 e. The Kier molecular flexibility index (Phi) is 6.18. The lowest BCUT2D eigenvalue weighted by Crippen LogP contribution is -2.44. The Morgan fingerprint density at radius 1 is 0.842 bits per heavy atom. The first-order chi connectivity index (χ1) is 9.06. The van der Waals surface area contributed by atoms with Gasteiger partial charge in [0.15, 0.2) is 0 Å². The van der Waals surface area contributed by atoms with Crippen molar-refractivity contribution < 1.29 is 0 Å². The van der Waals surface area contributed by atoms with Crippen LogP contribution in [0.3, 0.4) is 0 Å². The van der Waals surface area contributed by atoms with E-state index < -0.39 is 0 Å². The van der Waals surface area contributed by atoms with E-state index >= 15 is 0 Å². The lowest BCUT2D eigenvalue weighted by Gasteiger charge is -2.32. The molecule has 0 amide bonds. The monoisotopic (exact) mass is 308 g/mol. The van der Waals surface area contributed by atoms with Crippen LogP contribution in [0.5, 0.6) is 0 Å². The molecule has 0 aromatic heterocycles. The molecule has 0 aliphatic carbocycles. The number of hydrogen-bond donors (Lipinski definition) is 0. The number of hydrogen-bond acceptors (Lipinski definition) is 4. The van der Waals surface area contributed by atoms with Gasteiger partial charge in [-0.05, 0) is 63.5 Å². The molecular formula is C13H26Cl2N4. The molecule has 0 aromatic rings. The van der Waals surface area contributed by atoms with E-state index in [0.29, 0.717) is 12.1 Å². The Labute approximate surface area is 127 Å². The fourth-order valence-electron chi connectivity index (χ4n) is 2.75. The van der Waals surface area contributed by atoms with Gasteiger partial charge in [0.2, 0.25) is 0 Å². The first kappa shape index (κ1) is 15.8. The fraction of sp³-hybridized carbons (Fsp3) is 1.00. The molecular weight excluding hydrogens is 283 g/mol. The third kappa shape index (κ3) is 4.73. The van der Waals surface area contributed by atoms with Crippen LogP contribution in [0.25, 0.3) is 0 Å². The van der Waals surface area contributed by atoms with E-state index in [1.807, 2.05) is 8.84 Å². The molecule has 0 aromatic carbocycles. The maximum atomic E-state index is 6.47. The van der Waals surface area contributed by atoms with Gasteiger partial charge in [-0.15, -0.1) is 0 Å². The highest BCUT2D eigenvalue weighted by molar-refractivity contribution is 6.14. The molecule has 0 spiro atoms. The smallest absolute Gasteiger partial charge is 0.0404 e. The van der Waals surface area contributed by atoms with Gasteiger partial charge in [0.1, 0.15) is 0 Å². The minimum atomic E-state index is 0.341. The minimum absolute atomic E-state index is 0.341. The van der Waals surface area contributed by atoms with Gasteiger partial charge in [-0.2, -0.15) is 0 Å². The molecule has 2 aliphatic heterocycles. The van der Waals surface area contributed by atoms with Gasteiger partial charge in [-0.1, -0.05) is 0 Å². The van der Waals surface area contributed by atoms with Crippen LogP contribution in [-0.4, -0.2) is 83.6 Å². The van der Waals surface area contributed by atoms with Crippen molar-refractivity contribution in [3.8, 4) is 0 Å². The lowest BCUT2D eigenvalue weighted by atomic mass is 10.2. The third-order valence-corrected chi connectivity index (χ3v) is 5.31. The predicted molar refractivity (Wildman–Crippen MR) is 81.5 cm³/mol. The van der Waals surface area contributed by atoms with Gasteiger partial charge < -0.3 is 9.80 Å². The zero-order valence-corrected chi connectivity index (χ0v) is 13.6. The average Bonchev–Trinajstić information content (AvgIpc) is 2.46. The van der Waals surface area contributed by atoms with E-state index in [9.17, 15) is 0 Å². The van der Waals surface area contributed by atoms with Gasteiger partial charge in [0.25, 0.3) is 0 Å². The van der Waals surface area contributed by atoms with Gasteiger partial charge in [-0.25, -0.2) is 8.84 Å². The molecule has 6 heteroatoms. The van der Waals surface area contributed by atoms with Crippen molar-refractivity contribution in [1.29, 1.82) is 0 Å². The van der Waals surface area contributed by atoms with Crippen LogP contribution in [0.15, 0.2) is 0 Å². The second kappa shape index (κ2) is 7.43. The van der Waals surface area contributed by atoms with Crippen molar-refractivity contribution >= 4 is 23.6 Å². The summed E-state index contributed by atoms with van der Waals surface area (Å²) >= 11 is 12.9. The van der Waals surface area contributed by atoms with Crippen LogP contribution >= 0.6 is 23.6 Å². The van der Waals surface area contributed by atoms with E-state index in [2.05, 4.69) is 23.8 Å². The zero-order valence-electron chi connectivity index (χ0n) is 12.1. The van der Waals surface area contributed by atoms with Crippen molar-refractivity contribution in [2.75, 3.05) is 52.9 Å².